The lowest BCUT2D eigenvalue weighted by Crippen LogP contribution is -2.29. The minimum Gasteiger partial charge on any atom is -0.505 e. The van der Waals surface area contributed by atoms with E-state index in [4.69, 9.17) is 27.9 Å². The van der Waals surface area contributed by atoms with Gasteiger partial charge in [-0.25, -0.2) is 9.97 Å². The number of carbonyl (C=O) groups excluding carboxylic acids is 2. The summed E-state index contributed by atoms with van der Waals surface area (Å²) in [6.07, 6.45) is 1.73. The highest BCUT2D eigenvalue weighted by atomic mass is 35.5. The summed E-state index contributed by atoms with van der Waals surface area (Å²) in [7, 11) is 1.56. The van der Waals surface area contributed by atoms with Gasteiger partial charge in [0.05, 0.1) is 44.7 Å². The number of carbonyl (C=O) groups is 2. The average molecular weight is 565 g/mol. The number of rotatable bonds is 4. The number of hydrogen-bond donors (Lipinski definition) is 1. The van der Waals surface area contributed by atoms with Gasteiger partial charge >= 0.3 is 5.91 Å². The maximum absolute atomic E-state index is 13.6. The molecule has 190 valence electrons. The van der Waals surface area contributed by atoms with Crippen molar-refractivity contribution in [3.63, 3.8) is 0 Å². The van der Waals surface area contributed by atoms with E-state index >= 15 is 0 Å². The molecule has 1 aliphatic rings. The Hall–Kier alpha value is -3.92. The number of pyridine rings is 1. The molecule has 4 heterocycles. The predicted octanol–water partition coefficient (Wildman–Crippen LogP) is 6.19. The van der Waals surface area contributed by atoms with Crippen molar-refractivity contribution >= 4 is 73.0 Å². The van der Waals surface area contributed by atoms with Gasteiger partial charge in [-0.1, -0.05) is 46.7 Å². The van der Waals surface area contributed by atoms with Gasteiger partial charge in [0.15, 0.2) is 10.9 Å². The third-order valence-corrected chi connectivity index (χ3v) is 8.18. The van der Waals surface area contributed by atoms with Crippen molar-refractivity contribution < 1.29 is 19.4 Å². The quantitative estimate of drug-likeness (QED) is 0.159. The lowest BCUT2D eigenvalue weighted by Gasteiger charge is -2.23. The van der Waals surface area contributed by atoms with Crippen LogP contribution in [0, 0.1) is 6.92 Å². The summed E-state index contributed by atoms with van der Waals surface area (Å²) in [5.74, 6) is -1.37. The van der Waals surface area contributed by atoms with Gasteiger partial charge in [-0.05, 0) is 55.0 Å². The molecule has 1 N–H and O–H groups in total. The molecule has 1 unspecified atom stereocenters. The van der Waals surface area contributed by atoms with Crippen LogP contribution in [0.2, 0.25) is 10.0 Å². The Morgan fingerprint density at radius 2 is 1.87 bits per heavy atom. The number of amides is 1. The SMILES string of the molecule is COc1ccc2nc(N3C(=O)C(=O)/C(=C(/O)c4c(C)nc5ccccn45)C3c3ccc(Cl)c(Cl)c3)sc2c1. The molecular formula is C27H18Cl2N4O4S. The number of halogens is 2. The smallest absolute Gasteiger partial charge is 0.301 e. The number of ether oxygens (including phenoxy) is 1. The fraction of sp³-hybridized carbons (Fsp3) is 0.111. The number of aliphatic hydroxyl groups is 1. The number of ketones is 1. The summed E-state index contributed by atoms with van der Waals surface area (Å²) >= 11 is 13.8. The highest BCUT2D eigenvalue weighted by Crippen LogP contribution is 2.45. The highest BCUT2D eigenvalue weighted by molar-refractivity contribution is 7.22. The van der Waals surface area contributed by atoms with Crippen LogP contribution in [-0.2, 0) is 9.59 Å². The molecule has 3 aromatic heterocycles. The van der Waals surface area contributed by atoms with E-state index in [2.05, 4.69) is 9.97 Å². The molecule has 1 amide bonds. The second-order valence-electron chi connectivity index (χ2n) is 8.65. The zero-order valence-corrected chi connectivity index (χ0v) is 22.3. The number of methoxy groups -OCH3 is 1. The number of aliphatic hydroxyl groups excluding tert-OH is 1. The molecule has 6 rings (SSSR count). The maximum atomic E-state index is 13.6. The first-order valence-electron chi connectivity index (χ1n) is 11.4. The lowest BCUT2D eigenvalue weighted by molar-refractivity contribution is -0.132. The van der Waals surface area contributed by atoms with Crippen molar-refractivity contribution in [3.05, 3.63) is 93.4 Å². The second-order valence-corrected chi connectivity index (χ2v) is 10.5. The van der Waals surface area contributed by atoms with E-state index in [1.54, 1.807) is 67.1 Å². The van der Waals surface area contributed by atoms with Crippen LogP contribution in [0.15, 0.2) is 66.4 Å². The molecule has 8 nitrogen and oxygen atoms in total. The van der Waals surface area contributed by atoms with Crippen molar-refractivity contribution in [2.24, 2.45) is 0 Å². The summed E-state index contributed by atoms with van der Waals surface area (Å²) < 4.78 is 7.76. The number of imidazole rings is 1. The molecule has 2 aromatic carbocycles. The van der Waals surface area contributed by atoms with Crippen molar-refractivity contribution in [2.45, 2.75) is 13.0 Å². The summed E-state index contributed by atoms with van der Waals surface area (Å²) in [5.41, 5.74) is 2.44. The topological polar surface area (TPSA) is 97.0 Å². The van der Waals surface area contributed by atoms with Gasteiger partial charge in [-0.15, -0.1) is 0 Å². The van der Waals surface area contributed by atoms with Crippen LogP contribution in [0.5, 0.6) is 5.75 Å². The maximum Gasteiger partial charge on any atom is 0.301 e. The first-order chi connectivity index (χ1) is 18.3. The molecule has 0 bridgehead atoms. The van der Waals surface area contributed by atoms with E-state index in [0.29, 0.717) is 44.0 Å². The van der Waals surface area contributed by atoms with Crippen LogP contribution in [0.1, 0.15) is 23.0 Å². The Balaban J connectivity index is 1.61. The van der Waals surface area contributed by atoms with Gasteiger partial charge in [-0.3, -0.25) is 18.9 Å². The van der Waals surface area contributed by atoms with Crippen molar-refractivity contribution in [1.82, 2.24) is 14.4 Å². The van der Waals surface area contributed by atoms with Gasteiger partial charge in [-0.2, -0.15) is 0 Å². The van der Waals surface area contributed by atoms with E-state index in [-0.39, 0.29) is 16.4 Å². The Bertz CT molecular complexity index is 1830. The molecule has 1 aliphatic heterocycles. The van der Waals surface area contributed by atoms with Crippen LogP contribution >= 0.6 is 34.5 Å². The van der Waals surface area contributed by atoms with Crippen LogP contribution in [0.25, 0.3) is 21.6 Å². The number of thiazole rings is 1. The monoisotopic (exact) mass is 564 g/mol. The van der Waals surface area contributed by atoms with Crippen LogP contribution < -0.4 is 9.64 Å². The van der Waals surface area contributed by atoms with Crippen LogP contribution in [-0.4, -0.2) is 38.3 Å². The summed E-state index contributed by atoms with van der Waals surface area (Å²) in [4.78, 5) is 37.6. The molecule has 38 heavy (non-hydrogen) atoms. The van der Waals surface area contributed by atoms with E-state index in [9.17, 15) is 14.7 Å². The minimum absolute atomic E-state index is 0.0982. The van der Waals surface area contributed by atoms with E-state index < -0.39 is 17.7 Å². The lowest BCUT2D eigenvalue weighted by atomic mass is 9.96. The molecule has 5 aromatic rings. The zero-order valence-electron chi connectivity index (χ0n) is 20.0. The third kappa shape index (κ3) is 3.74. The summed E-state index contributed by atoms with van der Waals surface area (Å²) in [6, 6.07) is 14.6. The Morgan fingerprint density at radius 1 is 1.05 bits per heavy atom. The van der Waals surface area contributed by atoms with Crippen molar-refractivity contribution in [3.8, 4) is 5.75 Å². The van der Waals surface area contributed by atoms with Gasteiger partial charge in [0.1, 0.15) is 17.1 Å². The molecule has 0 spiro atoms. The minimum atomic E-state index is -1.01. The van der Waals surface area contributed by atoms with E-state index in [1.807, 2.05) is 12.1 Å². The molecular weight excluding hydrogens is 547 g/mol. The average Bonchev–Trinajstić information content (AvgIpc) is 3.55. The number of hydrogen-bond acceptors (Lipinski definition) is 7. The number of aryl methyl sites for hydroxylation is 1. The van der Waals surface area contributed by atoms with E-state index in [0.717, 1.165) is 4.70 Å². The summed E-state index contributed by atoms with van der Waals surface area (Å²) in [5, 5.41) is 12.5. The third-order valence-electron chi connectivity index (χ3n) is 6.42. The van der Waals surface area contributed by atoms with Gasteiger partial charge in [0.2, 0.25) is 0 Å². The number of benzene rings is 2. The number of anilines is 1. The van der Waals surface area contributed by atoms with Gasteiger partial charge < -0.3 is 9.84 Å². The van der Waals surface area contributed by atoms with Crippen LogP contribution in [0.3, 0.4) is 0 Å². The summed E-state index contributed by atoms with van der Waals surface area (Å²) in [6.45, 7) is 1.73. The number of nitrogens with zero attached hydrogens (tertiary/aromatic N) is 4. The molecule has 0 saturated carbocycles. The zero-order chi connectivity index (χ0) is 26.7. The number of aromatic nitrogens is 3. The van der Waals surface area contributed by atoms with Gasteiger partial charge in [0, 0.05) is 6.20 Å². The normalized spacial score (nSPS) is 17.2. The van der Waals surface area contributed by atoms with Gasteiger partial charge in [0.25, 0.3) is 5.78 Å². The standard InChI is InChI=1S/C27H18Cl2N4O4S/c1-13-22(32-10-4-3-5-20(32)30-13)24(34)21-23(14-6-8-16(28)17(29)11-14)33(26(36)25(21)35)27-31-18-9-7-15(37-2)12-19(18)38-27/h3-12,23,34H,1-2H3/b24-21+. The number of Topliss-reactive ketones (excluding diaryl/α,β-unsaturated/α-hetero) is 1. The van der Waals surface area contributed by atoms with Crippen molar-refractivity contribution in [1.29, 1.82) is 0 Å². The van der Waals surface area contributed by atoms with E-state index in [1.165, 1.54) is 16.2 Å². The fourth-order valence-corrected chi connectivity index (χ4v) is 6.00. The first kappa shape index (κ1) is 24.4. The fourth-order valence-electron chi connectivity index (χ4n) is 4.68. The molecule has 11 heteroatoms. The largest absolute Gasteiger partial charge is 0.505 e. The first-order valence-corrected chi connectivity index (χ1v) is 13.0. The Kier molecular flexibility index (Phi) is 5.86. The Labute approximate surface area is 230 Å². The Morgan fingerprint density at radius 3 is 2.63 bits per heavy atom. The van der Waals surface area contributed by atoms with Crippen molar-refractivity contribution in [2.75, 3.05) is 12.0 Å². The molecule has 1 saturated heterocycles. The molecule has 1 atom stereocenters. The molecule has 0 radical (unpaired) electrons. The molecule has 0 aliphatic carbocycles. The second kappa shape index (κ2) is 9.13. The number of fused-ring (bicyclic) bond motifs is 2. The highest BCUT2D eigenvalue weighted by Gasteiger charge is 2.48. The molecule has 1 fully saturated rings. The predicted molar refractivity (Wildman–Crippen MR) is 147 cm³/mol. The van der Waals surface area contributed by atoms with Crippen LogP contribution in [0.4, 0.5) is 5.13 Å².